The largest absolute Gasteiger partial charge is 0.321 e. The van der Waals surface area contributed by atoms with Gasteiger partial charge in [-0.15, -0.1) is 0 Å². The molecule has 2 fully saturated rings. The van der Waals surface area contributed by atoms with Crippen molar-refractivity contribution in [2.75, 3.05) is 6.54 Å². The quantitative estimate of drug-likeness (QED) is 0.925. The molecule has 1 aromatic carbocycles. The number of aryl methyl sites for hydroxylation is 1. The molecule has 3 heteroatoms. The van der Waals surface area contributed by atoms with Gasteiger partial charge in [0.1, 0.15) is 11.7 Å². The highest BCUT2D eigenvalue weighted by molar-refractivity contribution is 5.92. The lowest BCUT2D eigenvalue weighted by atomic mass is 9.95. The predicted molar refractivity (Wildman–Crippen MR) is 84.8 cm³/mol. The Labute approximate surface area is 127 Å². The lowest BCUT2D eigenvalue weighted by Crippen LogP contribution is -2.38. The molecule has 1 N–H and O–H groups in total. The number of hydrogen-bond acceptors (Lipinski definition) is 2. The molecule has 2 aliphatic rings. The number of nitrogens with one attached hydrogen (secondary N) is 1. The highest BCUT2D eigenvalue weighted by Crippen LogP contribution is 2.46. The fourth-order valence-corrected chi connectivity index (χ4v) is 3.15. The molecule has 1 amide bonds. The lowest BCUT2D eigenvalue weighted by molar-refractivity contribution is -0.132. The fourth-order valence-electron chi connectivity index (χ4n) is 3.15. The molecule has 1 aliphatic carbocycles. The smallest absolute Gasteiger partial charge is 0.244 e. The fraction of sp³-hybridized carbons (Fsp3) is 0.611. The van der Waals surface area contributed by atoms with Crippen LogP contribution in [-0.2, 0) is 11.2 Å². The second-order valence-electron chi connectivity index (χ2n) is 7.72. The third-order valence-corrected chi connectivity index (χ3v) is 4.49. The van der Waals surface area contributed by atoms with Crippen LogP contribution >= 0.6 is 0 Å². The molecule has 1 heterocycles. The van der Waals surface area contributed by atoms with Crippen LogP contribution in [0.2, 0.25) is 0 Å². The van der Waals surface area contributed by atoms with Gasteiger partial charge < -0.3 is 4.90 Å². The highest BCUT2D eigenvalue weighted by Gasteiger charge is 2.59. The van der Waals surface area contributed by atoms with E-state index < -0.39 is 0 Å². The minimum absolute atomic E-state index is 0.0325. The van der Waals surface area contributed by atoms with Gasteiger partial charge in [0.25, 0.3) is 0 Å². The maximum Gasteiger partial charge on any atom is 0.244 e. The maximum absolute atomic E-state index is 12.7. The molecule has 1 saturated carbocycles. The van der Waals surface area contributed by atoms with E-state index in [1.165, 1.54) is 11.1 Å². The third kappa shape index (κ3) is 2.71. The molecule has 0 bridgehead atoms. The molecule has 1 spiro atoms. The van der Waals surface area contributed by atoms with Crippen LogP contribution in [0.25, 0.3) is 0 Å². The minimum Gasteiger partial charge on any atom is -0.321 e. The zero-order valence-corrected chi connectivity index (χ0v) is 13.6. The van der Waals surface area contributed by atoms with E-state index in [4.69, 9.17) is 0 Å². The van der Waals surface area contributed by atoms with Crippen LogP contribution in [0, 0.1) is 5.41 Å². The SMILES string of the molecule is CCc1ccc(C2NC3(CC3)C(=O)N2CC(C)(C)C)cc1. The van der Waals surface area contributed by atoms with E-state index in [9.17, 15) is 4.79 Å². The number of hydrogen-bond donors (Lipinski definition) is 1. The van der Waals surface area contributed by atoms with Crippen LogP contribution in [0.15, 0.2) is 24.3 Å². The first-order valence-corrected chi connectivity index (χ1v) is 8.02. The monoisotopic (exact) mass is 286 g/mol. The van der Waals surface area contributed by atoms with Crippen LogP contribution in [0.4, 0.5) is 0 Å². The standard InChI is InChI=1S/C18H26N2O/c1-5-13-6-8-14(9-7-13)15-19-18(10-11-18)16(21)20(15)12-17(2,3)4/h6-9,15,19H,5,10-12H2,1-4H3. The van der Waals surface area contributed by atoms with Crippen LogP contribution in [0.5, 0.6) is 0 Å². The Morgan fingerprint density at radius 1 is 1.24 bits per heavy atom. The molecule has 0 radical (unpaired) electrons. The lowest BCUT2D eigenvalue weighted by Gasteiger charge is -2.31. The summed E-state index contributed by atoms with van der Waals surface area (Å²) in [4.78, 5) is 14.8. The number of rotatable bonds is 3. The van der Waals surface area contributed by atoms with Gasteiger partial charge in [0.15, 0.2) is 0 Å². The molecule has 3 rings (SSSR count). The van der Waals surface area contributed by atoms with Gasteiger partial charge in [0.2, 0.25) is 5.91 Å². The van der Waals surface area contributed by atoms with Crippen LogP contribution in [0.3, 0.4) is 0 Å². The summed E-state index contributed by atoms with van der Waals surface area (Å²) in [6.45, 7) is 9.53. The number of amides is 1. The minimum atomic E-state index is -0.251. The summed E-state index contributed by atoms with van der Waals surface area (Å²) in [5, 5.41) is 3.59. The zero-order valence-electron chi connectivity index (χ0n) is 13.6. The molecular weight excluding hydrogens is 260 g/mol. The predicted octanol–water partition coefficient (Wildman–Crippen LogP) is 3.26. The van der Waals surface area contributed by atoms with Gasteiger partial charge in [-0.05, 0) is 35.8 Å². The van der Waals surface area contributed by atoms with E-state index in [-0.39, 0.29) is 17.1 Å². The summed E-state index contributed by atoms with van der Waals surface area (Å²) in [7, 11) is 0. The van der Waals surface area contributed by atoms with Gasteiger partial charge in [-0.2, -0.15) is 0 Å². The number of carbonyl (C=O) groups excluding carboxylic acids is 1. The molecule has 1 aliphatic heterocycles. The van der Waals surface area contributed by atoms with Crippen molar-refractivity contribution in [3.05, 3.63) is 35.4 Å². The molecule has 3 nitrogen and oxygen atoms in total. The topological polar surface area (TPSA) is 32.3 Å². The van der Waals surface area contributed by atoms with Crippen molar-refractivity contribution in [1.82, 2.24) is 10.2 Å². The number of carbonyl (C=O) groups is 1. The van der Waals surface area contributed by atoms with Gasteiger partial charge in [0.05, 0.1) is 0 Å². The van der Waals surface area contributed by atoms with Gasteiger partial charge in [-0.25, -0.2) is 0 Å². The molecule has 1 unspecified atom stereocenters. The normalized spacial score (nSPS) is 23.9. The zero-order chi connectivity index (χ0) is 15.3. The molecule has 0 aromatic heterocycles. The first-order valence-electron chi connectivity index (χ1n) is 8.02. The van der Waals surface area contributed by atoms with Crippen molar-refractivity contribution in [3.63, 3.8) is 0 Å². The second kappa shape index (κ2) is 4.84. The Bertz CT molecular complexity index is 537. The first-order chi connectivity index (χ1) is 9.85. The third-order valence-electron chi connectivity index (χ3n) is 4.49. The van der Waals surface area contributed by atoms with Crippen molar-refractivity contribution in [3.8, 4) is 0 Å². The van der Waals surface area contributed by atoms with E-state index in [2.05, 4.69) is 57.3 Å². The molecule has 114 valence electrons. The summed E-state index contributed by atoms with van der Waals surface area (Å²) in [5.41, 5.74) is 2.40. The Kier molecular flexibility index (Phi) is 3.36. The number of nitrogens with zero attached hydrogens (tertiary/aromatic N) is 1. The van der Waals surface area contributed by atoms with Crippen molar-refractivity contribution in [2.24, 2.45) is 5.41 Å². The van der Waals surface area contributed by atoms with Crippen LogP contribution in [0.1, 0.15) is 57.8 Å². The molecule has 1 saturated heterocycles. The van der Waals surface area contributed by atoms with Crippen molar-refractivity contribution in [2.45, 2.75) is 58.7 Å². The second-order valence-corrected chi connectivity index (χ2v) is 7.72. The average Bonchev–Trinajstić information content (AvgIpc) is 3.17. The van der Waals surface area contributed by atoms with Crippen molar-refractivity contribution < 1.29 is 4.79 Å². The van der Waals surface area contributed by atoms with E-state index in [0.717, 1.165) is 25.8 Å². The Morgan fingerprint density at radius 3 is 2.33 bits per heavy atom. The van der Waals surface area contributed by atoms with Crippen LogP contribution in [-0.4, -0.2) is 22.9 Å². The summed E-state index contributed by atoms with van der Waals surface area (Å²) in [6.07, 6.45) is 3.05. The van der Waals surface area contributed by atoms with Gasteiger partial charge in [-0.1, -0.05) is 52.0 Å². The summed E-state index contributed by atoms with van der Waals surface area (Å²) >= 11 is 0. The van der Waals surface area contributed by atoms with Crippen LogP contribution < -0.4 is 5.32 Å². The first kappa shape index (κ1) is 14.6. The summed E-state index contributed by atoms with van der Waals surface area (Å²) in [6, 6.07) is 8.69. The molecule has 1 atom stereocenters. The Balaban J connectivity index is 1.88. The highest BCUT2D eigenvalue weighted by atomic mass is 16.2. The van der Waals surface area contributed by atoms with Gasteiger partial charge in [0, 0.05) is 6.54 Å². The molecule has 1 aromatic rings. The van der Waals surface area contributed by atoms with E-state index in [0.29, 0.717) is 5.91 Å². The van der Waals surface area contributed by atoms with Gasteiger partial charge in [-0.3, -0.25) is 10.1 Å². The number of benzene rings is 1. The molecular formula is C18H26N2O. The molecule has 21 heavy (non-hydrogen) atoms. The summed E-state index contributed by atoms with van der Waals surface area (Å²) < 4.78 is 0. The van der Waals surface area contributed by atoms with Crippen molar-refractivity contribution >= 4 is 5.91 Å². The van der Waals surface area contributed by atoms with E-state index in [1.54, 1.807) is 0 Å². The van der Waals surface area contributed by atoms with Crippen molar-refractivity contribution in [1.29, 1.82) is 0 Å². The van der Waals surface area contributed by atoms with Gasteiger partial charge >= 0.3 is 0 Å². The van der Waals surface area contributed by atoms with E-state index in [1.807, 2.05) is 4.90 Å². The Hall–Kier alpha value is -1.35. The summed E-state index contributed by atoms with van der Waals surface area (Å²) in [5.74, 6) is 0.294. The van der Waals surface area contributed by atoms with E-state index >= 15 is 0 Å². The maximum atomic E-state index is 12.7. The Morgan fingerprint density at radius 2 is 1.86 bits per heavy atom. The average molecular weight is 286 g/mol.